The minimum Gasteiger partial charge on any atom is -0.378 e. The van der Waals surface area contributed by atoms with E-state index < -0.39 is 0 Å². The Labute approximate surface area is 185 Å². The van der Waals surface area contributed by atoms with Crippen LogP contribution >= 0.6 is 0 Å². The molecule has 1 saturated heterocycles. The Morgan fingerprint density at radius 2 is 1.97 bits per heavy atom. The summed E-state index contributed by atoms with van der Waals surface area (Å²) < 4.78 is 7.09. The molecule has 4 heterocycles. The van der Waals surface area contributed by atoms with E-state index in [-0.39, 0.29) is 5.91 Å². The Bertz CT molecular complexity index is 1300. The molecule has 9 nitrogen and oxygen atoms in total. The van der Waals surface area contributed by atoms with Crippen molar-refractivity contribution in [2.75, 3.05) is 36.5 Å². The summed E-state index contributed by atoms with van der Waals surface area (Å²) in [5, 5.41) is 7.24. The van der Waals surface area contributed by atoms with Crippen molar-refractivity contribution in [3.8, 4) is 11.3 Å². The minimum atomic E-state index is -0.200. The van der Waals surface area contributed by atoms with Crippen LogP contribution in [0.2, 0.25) is 0 Å². The molecule has 0 spiro atoms. The lowest BCUT2D eigenvalue weighted by Crippen LogP contribution is -2.37. The molecular formula is C23H25N7O2. The van der Waals surface area contributed by atoms with E-state index in [2.05, 4.69) is 25.3 Å². The third kappa shape index (κ3) is 3.71. The maximum atomic E-state index is 12.8. The van der Waals surface area contributed by atoms with Gasteiger partial charge in [0.1, 0.15) is 11.2 Å². The zero-order valence-electron chi connectivity index (χ0n) is 18.3. The Hall–Kier alpha value is -3.72. The summed E-state index contributed by atoms with van der Waals surface area (Å²) in [6, 6.07) is 9.63. The summed E-state index contributed by atoms with van der Waals surface area (Å²) in [4.78, 5) is 27.7. The van der Waals surface area contributed by atoms with Crippen LogP contribution in [0.5, 0.6) is 0 Å². The Morgan fingerprint density at radius 1 is 1.16 bits per heavy atom. The minimum absolute atomic E-state index is 0.200. The van der Waals surface area contributed by atoms with Crippen molar-refractivity contribution in [2.45, 2.75) is 13.8 Å². The molecule has 1 aromatic carbocycles. The van der Waals surface area contributed by atoms with Gasteiger partial charge in [0.2, 0.25) is 0 Å². The highest BCUT2D eigenvalue weighted by Gasteiger charge is 2.20. The second-order valence-electron chi connectivity index (χ2n) is 8.01. The molecule has 1 aliphatic heterocycles. The average Bonchev–Trinajstić information content (AvgIpc) is 3.40. The van der Waals surface area contributed by atoms with Crippen LogP contribution in [0.25, 0.3) is 22.3 Å². The number of nitrogens with one attached hydrogen (secondary N) is 2. The lowest BCUT2D eigenvalue weighted by molar-refractivity contribution is 0.101. The van der Waals surface area contributed by atoms with Crippen LogP contribution in [0.15, 0.2) is 36.7 Å². The summed E-state index contributed by atoms with van der Waals surface area (Å²) in [5.74, 6) is 0.648. The second-order valence-corrected chi connectivity index (χ2v) is 8.01. The van der Waals surface area contributed by atoms with Crippen LogP contribution in [0, 0.1) is 13.8 Å². The van der Waals surface area contributed by atoms with E-state index in [0.717, 1.165) is 52.5 Å². The number of benzene rings is 1. The number of H-pyrrole nitrogens is 1. The first-order valence-corrected chi connectivity index (χ1v) is 10.6. The number of morpholine rings is 1. The molecule has 3 aromatic heterocycles. The van der Waals surface area contributed by atoms with Gasteiger partial charge in [-0.2, -0.15) is 5.10 Å². The first-order valence-electron chi connectivity index (χ1n) is 10.6. The van der Waals surface area contributed by atoms with Crippen molar-refractivity contribution in [1.29, 1.82) is 0 Å². The molecule has 0 bridgehead atoms. The number of aromatic nitrogens is 5. The fraction of sp³-hybridized carbons (Fsp3) is 0.304. The van der Waals surface area contributed by atoms with Gasteiger partial charge in [0.25, 0.3) is 5.91 Å². The lowest BCUT2D eigenvalue weighted by Gasteiger charge is -2.28. The predicted octanol–water partition coefficient (Wildman–Crippen LogP) is 3.06. The van der Waals surface area contributed by atoms with Gasteiger partial charge in [-0.25, -0.2) is 9.97 Å². The third-order valence-electron chi connectivity index (χ3n) is 5.70. The summed E-state index contributed by atoms with van der Waals surface area (Å²) in [7, 11) is 1.76. The van der Waals surface area contributed by atoms with Crippen LogP contribution < -0.4 is 10.2 Å². The number of carbonyl (C=O) groups is 1. The van der Waals surface area contributed by atoms with Crippen LogP contribution in [0.3, 0.4) is 0 Å². The first-order chi connectivity index (χ1) is 15.5. The van der Waals surface area contributed by atoms with Gasteiger partial charge < -0.3 is 19.9 Å². The molecule has 0 saturated carbocycles. The van der Waals surface area contributed by atoms with Crippen molar-refractivity contribution in [2.24, 2.45) is 7.05 Å². The molecule has 1 aliphatic rings. The number of aryl methyl sites for hydroxylation is 3. The van der Waals surface area contributed by atoms with E-state index in [1.165, 1.54) is 0 Å². The van der Waals surface area contributed by atoms with Crippen LogP contribution in [0.1, 0.15) is 21.7 Å². The van der Waals surface area contributed by atoms with Crippen LogP contribution in [0.4, 0.5) is 11.5 Å². The van der Waals surface area contributed by atoms with Gasteiger partial charge in [-0.3, -0.25) is 9.48 Å². The Morgan fingerprint density at radius 3 is 2.72 bits per heavy atom. The molecule has 164 valence electrons. The quantitative estimate of drug-likeness (QED) is 0.515. The molecule has 9 heteroatoms. The SMILES string of the molecule is Cc1cc(C(=O)Nc2ccc(C)c(-c3cc4[nH]cnc4c(N4CCOCC4)n3)c2)n(C)n1. The van der Waals surface area contributed by atoms with Crippen molar-refractivity contribution in [3.63, 3.8) is 0 Å². The monoisotopic (exact) mass is 431 g/mol. The Kier molecular flexibility index (Phi) is 5.10. The highest BCUT2D eigenvalue weighted by molar-refractivity contribution is 6.03. The van der Waals surface area contributed by atoms with Gasteiger partial charge in [0.05, 0.1) is 36.4 Å². The smallest absolute Gasteiger partial charge is 0.273 e. The second kappa shape index (κ2) is 8.08. The van der Waals surface area contributed by atoms with Gasteiger partial charge >= 0.3 is 0 Å². The number of nitrogens with zero attached hydrogens (tertiary/aromatic N) is 5. The number of hydrogen-bond donors (Lipinski definition) is 2. The number of fused-ring (bicyclic) bond motifs is 1. The van der Waals surface area contributed by atoms with Crippen molar-refractivity contribution in [3.05, 3.63) is 53.6 Å². The van der Waals surface area contributed by atoms with Crippen molar-refractivity contribution < 1.29 is 9.53 Å². The largest absolute Gasteiger partial charge is 0.378 e. The van der Waals surface area contributed by atoms with Crippen LogP contribution in [-0.4, -0.2) is 56.9 Å². The molecule has 4 aromatic rings. The van der Waals surface area contributed by atoms with E-state index in [1.54, 1.807) is 24.1 Å². The number of imidazole rings is 1. The van der Waals surface area contributed by atoms with E-state index >= 15 is 0 Å². The number of carbonyl (C=O) groups excluding carboxylic acids is 1. The normalized spacial score (nSPS) is 14.2. The standard InChI is InChI=1S/C23H25N7O2/c1-14-4-5-16(26-23(31)20-10-15(2)28-29(20)3)11-17(14)18-12-19-21(25-13-24-19)22(27-18)30-6-8-32-9-7-30/h4-5,10-13H,6-9H2,1-3H3,(H,24,25)(H,26,31). The average molecular weight is 432 g/mol. The number of pyridine rings is 1. The number of anilines is 2. The van der Waals surface area contributed by atoms with E-state index in [1.807, 2.05) is 38.1 Å². The molecule has 5 rings (SSSR count). The molecule has 0 unspecified atom stereocenters. The van der Waals surface area contributed by atoms with Gasteiger partial charge in [0, 0.05) is 31.4 Å². The van der Waals surface area contributed by atoms with Crippen molar-refractivity contribution >= 4 is 28.4 Å². The predicted molar refractivity (Wildman–Crippen MR) is 123 cm³/mol. The highest BCUT2D eigenvalue weighted by atomic mass is 16.5. The molecule has 1 amide bonds. The van der Waals surface area contributed by atoms with Crippen LogP contribution in [-0.2, 0) is 11.8 Å². The maximum Gasteiger partial charge on any atom is 0.273 e. The molecule has 0 atom stereocenters. The number of hydrogen-bond acceptors (Lipinski definition) is 6. The molecule has 2 N–H and O–H groups in total. The topological polar surface area (TPSA) is 101 Å². The van der Waals surface area contributed by atoms with E-state index in [0.29, 0.717) is 24.6 Å². The van der Waals surface area contributed by atoms with E-state index in [9.17, 15) is 4.79 Å². The maximum absolute atomic E-state index is 12.8. The molecule has 1 fully saturated rings. The lowest BCUT2D eigenvalue weighted by atomic mass is 10.0. The molecule has 0 aliphatic carbocycles. The first kappa shape index (κ1) is 20.2. The van der Waals surface area contributed by atoms with Crippen molar-refractivity contribution in [1.82, 2.24) is 24.7 Å². The summed E-state index contributed by atoms with van der Waals surface area (Å²) in [5.41, 5.74) is 6.64. The van der Waals surface area contributed by atoms with Gasteiger partial charge in [-0.1, -0.05) is 6.07 Å². The fourth-order valence-corrected chi connectivity index (χ4v) is 4.06. The molecule has 32 heavy (non-hydrogen) atoms. The summed E-state index contributed by atoms with van der Waals surface area (Å²) in [6.07, 6.45) is 1.69. The van der Waals surface area contributed by atoms with Gasteiger partial charge in [-0.05, 0) is 43.7 Å². The van der Waals surface area contributed by atoms with Gasteiger partial charge in [0.15, 0.2) is 5.82 Å². The van der Waals surface area contributed by atoms with Gasteiger partial charge in [-0.15, -0.1) is 0 Å². The number of rotatable bonds is 4. The molecular weight excluding hydrogens is 406 g/mol. The summed E-state index contributed by atoms with van der Waals surface area (Å²) >= 11 is 0. The Balaban J connectivity index is 1.52. The number of aromatic amines is 1. The zero-order valence-corrected chi connectivity index (χ0v) is 18.3. The summed E-state index contributed by atoms with van der Waals surface area (Å²) in [6.45, 7) is 6.80. The van der Waals surface area contributed by atoms with E-state index in [4.69, 9.17) is 9.72 Å². The molecule has 0 radical (unpaired) electrons. The number of amides is 1. The fourth-order valence-electron chi connectivity index (χ4n) is 4.06. The zero-order chi connectivity index (χ0) is 22.2. The number of ether oxygens (including phenoxy) is 1. The third-order valence-corrected chi connectivity index (χ3v) is 5.70. The highest BCUT2D eigenvalue weighted by Crippen LogP contribution is 2.31.